The lowest BCUT2D eigenvalue weighted by Gasteiger charge is -2.06. The molecule has 10 heteroatoms. The predicted octanol–water partition coefficient (Wildman–Crippen LogP) is 2.68. The molecule has 0 aliphatic carbocycles. The summed E-state index contributed by atoms with van der Waals surface area (Å²) < 4.78 is 42.9. The quantitative estimate of drug-likeness (QED) is 0.699. The lowest BCUT2D eigenvalue weighted by atomic mass is 10.1. The van der Waals surface area contributed by atoms with Crippen LogP contribution in [0.5, 0.6) is 5.75 Å². The van der Waals surface area contributed by atoms with Gasteiger partial charge in [0.05, 0.1) is 12.7 Å². The molecule has 0 spiro atoms. The standard InChI is InChI=1S/C18H16F3N5O2/c1-28-15-8-2-12(3-9-15)10-22-16(27)11-26-24-17(23-25-26)13-4-6-14(7-5-13)18(19,20)21/h2-9H,10-11H2,1H3,(H,22,27). The number of alkyl halides is 3. The molecule has 0 saturated heterocycles. The number of ether oxygens (including phenoxy) is 1. The van der Waals surface area contributed by atoms with Crippen LogP contribution in [0.2, 0.25) is 0 Å². The monoisotopic (exact) mass is 391 g/mol. The third kappa shape index (κ3) is 4.84. The summed E-state index contributed by atoms with van der Waals surface area (Å²) in [5, 5.41) is 14.3. The van der Waals surface area contributed by atoms with Crippen molar-refractivity contribution >= 4 is 5.91 Å². The number of aromatic nitrogens is 4. The van der Waals surface area contributed by atoms with Gasteiger partial charge in [-0.3, -0.25) is 4.79 Å². The molecule has 0 saturated carbocycles. The molecule has 0 aliphatic rings. The molecule has 146 valence electrons. The number of nitrogens with zero attached hydrogens (tertiary/aromatic N) is 4. The Morgan fingerprint density at radius 2 is 1.79 bits per heavy atom. The van der Waals surface area contributed by atoms with E-state index < -0.39 is 11.7 Å². The average molecular weight is 391 g/mol. The van der Waals surface area contributed by atoms with Crippen molar-refractivity contribution in [3.63, 3.8) is 0 Å². The van der Waals surface area contributed by atoms with Crippen molar-refractivity contribution in [3.05, 3.63) is 59.7 Å². The molecule has 3 aromatic rings. The summed E-state index contributed by atoms with van der Waals surface area (Å²) >= 11 is 0. The number of methoxy groups -OCH3 is 1. The molecule has 0 aliphatic heterocycles. The number of nitrogens with one attached hydrogen (secondary N) is 1. The number of halogens is 3. The second-order valence-electron chi connectivity index (χ2n) is 5.84. The van der Waals surface area contributed by atoms with Crippen LogP contribution in [0.25, 0.3) is 11.4 Å². The van der Waals surface area contributed by atoms with E-state index in [1.54, 1.807) is 19.2 Å². The van der Waals surface area contributed by atoms with E-state index in [1.807, 2.05) is 12.1 Å². The van der Waals surface area contributed by atoms with Crippen molar-refractivity contribution < 1.29 is 22.7 Å². The van der Waals surface area contributed by atoms with Gasteiger partial charge in [0.25, 0.3) is 0 Å². The van der Waals surface area contributed by atoms with Gasteiger partial charge >= 0.3 is 6.18 Å². The summed E-state index contributed by atoms with van der Waals surface area (Å²) in [6.07, 6.45) is -4.41. The Kier molecular flexibility index (Phi) is 5.57. The van der Waals surface area contributed by atoms with Crippen LogP contribution < -0.4 is 10.1 Å². The summed E-state index contributed by atoms with van der Waals surface area (Å²) in [5.74, 6) is 0.529. The van der Waals surface area contributed by atoms with Gasteiger partial charge in [0, 0.05) is 12.1 Å². The summed E-state index contributed by atoms with van der Waals surface area (Å²) in [6, 6.07) is 11.6. The highest BCUT2D eigenvalue weighted by molar-refractivity contribution is 5.75. The van der Waals surface area contributed by atoms with E-state index in [1.165, 1.54) is 12.1 Å². The van der Waals surface area contributed by atoms with Crippen molar-refractivity contribution in [2.45, 2.75) is 19.3 Å². The van der Waals surface area contributed by atoms with E-state index in [4.69, 9.17) is 4.74 Å². The molecule has 3 rings (SSSR count). The van der Waals surface area contributed by atoms with Gasteiger partial charge in [-0.1, -0.05) is 24.3 Å². The van der Waals surface area contributed by atoms with Crippen LogP contribution in [0, 0.1) is 0 Å². The van der Waals surface area contributed by atoms with E-state index in [0.717, 1.165) is 28.2 Å². The fourth-order valence-corrected chi connectivity index (χ4v) is 2.36. The zero-order valence-electron chi connectivity index (χ0n) is 14.8. The van der Waals surface area contributed by atoms with Crippen molar-refractivity contribution in [3.8, 4) is 17.1 Å². The molecule has 0 radical (unpaired) electrons. The Labute approximate surface area is 158 Å². The van der Waals surface area contributed by atoms with Gasteiger partial charge in [-0.15, -0.1) is 10.2 Å². The number of rotatable bonds is 6. The molecular weight excluding hydrogens is 375 g/mol. The highest BCUT2D eigenvalue weighted by Gasteiger charge is 2.30. The normalized spacial score (nSPS) is 11.3. The number of carbonyl (C=O) groups excluding carboxylic acids is 1. The maximum absolute atomic E-state index is 12.6. The van der Waals surface area contributed by atoms with Crippen molar-refractivity contribution in [1.82, 2.24) is 25.5 Å². The largest absolute Gasteiger partial charge is 0.497 e. The number of benzene rings is 2. The Balaban J connectivity index is 1.57. The minimum absolute atomic E-state index is 0.136. The summed E-state index contributed by atoms with van der Waals surface area (Å²) in [5.41, 5.74) is 0.505. The second-order valence-corrected chi connectivity index (χ2v) is 5.84. The first-order valence-corrected chi connectivity index (χ1v) is 8.20. The third-order valence-corrected chi connectivity index (χ3v) is 3.86. The van der Waals surface area contributed by atoms with Gasteiger partial charge in [0.1, 0.15) is 12.3 Å². The zero-order chi connectivity index (χ0) is 20.1. The molecule has 7 nitrogen and oxygen atoms in total. The first-order chi connectivity index (χ1) is 13.3. The first-order valence-electron chi connectivity index (χ1n) is 8.20. The maximum atomic E-state index is 12.6. The SMILES string of the molecule is COc1ccc(CNC(=O)Cn2nnc(-c3ccc(C(F)(F)F)cc3)n2)cc1. The number of hydrogen-bond acceptors (Lipinski definition) is 5. The molecule has 0 atom stereocenters. The van der Waals surface area contributed by atoms with Crippen LogP contribution in [-0.2, 0) is 24.1 Å². The maximum Gasteiger partial charge on any atom is 0.416 e. The topological polar surface area (TPSA) is 81.9 Å². The van der Waals surface area contributed by atoms with Crippen LogP contribution in [0.15, 0.2) is 48.5 Å². The molecule has 1 N–H and O–H groups in total. The van der Waals surface area contributed by atoms with E-state index in [9.17, 15) is 18.0 Å². The van der Waals surface area contributed by atoms with E-state index in [0.29, 0.717) is 12.1 Å². The molecular formula is C18H16F3N5O2. The molecule has 0 unspecified atom stereocenters. The number of hydrogen-bond donors (Lipinski definition) is 1. The van der Waals surface area contributed by atoms with Gasteiger partial charge in [-0.05, 0) is 35.0 Å². The van der Waals surface area contributed by atoms with E-state index in [-0.39, 0.29) is 18.3 Å². The fourth-order valence-electron chi connectivity index (χ4n) is 2.36. The average Bonchev–Trinajstić information content (AvgIpc) is 3.14. The van der Waals surface area contributed by atoms with Gasteiger partial charge in [-0.2, -0.15) is 18.0 Å². The molecule has 2 aromatic carbocycles. The lowest BCUT2D eigenvalue weighted by Crippen LogP contribution is -2.28. The highest BCUT2D eigenvalue weighted by atomic mass is 19.4. The summed E-state index contributed by atoms with van der Waals surface area (Å²) in [4.78, 5) is 13.1. The zero-order valence-corrected chi connectivity index (χ0v) is 14.8. The first kappa shape index (κ1) is 19.3. The summed E-state index contributed by atoms with van der Waals surface area (Å²) in [7, 11) is 1.57. The van der Waals surface area contributed by atoms with E-state index in [2.05, 4.69) is 20.7 Å². The van der Waals surface area contributed by atoms with Crippen molar-refractivity contribution in [1.29, 1.82) is 0 Å². The highest BCUT2D eigenvalue weighted by Crippen LogP contribution is 2.30. The Bertz CT molecular complexity index is 937. The van der Waals surface area contributed by atoms with Gasteiger partial charge in [0.2, 0.25) is 11.7 Å². The van der Waals surface area contributed by atoms with Crippen LogP contribution >= 0.6 is 0 Å². The van der Waals surface area contributed by atoms with Gasteiger partial charge in [0.15, 0.2) is 0 Å². The van der Waals surface area contributed by atoms with Crippen LogP contribution in [-0.4, -0.2) is 33.2 Å². The molecule has 0 fully saturated rings. The van der Waals surface area contributed by atoms with Gasteiger partial charge in [-0.25, -0.2) is 0 Å². The van der Waals surface area contributed by atoms with Crippen LogP contribution in [0.1, 0.15) is 11.1 Å². The minimum Gasteiger partial charge on any atom is -0.497 e. The Hall–Kier alpha value is -3.43. The smallest absolute Gasteiger partial charge is 0.416 e. The molecule has 1 heterocycles. The van der Waals surface area contributed by atoms with Crippen LogP contribution in [0.3, 0.4) is 0 Å². The van der Waals surface area contributed by atoms with E-state index >= 15 is 0 Å². The lowest BCUT2D eigenvalue weighted by molar-refractivity contribution is -0.137. The molecule has 28 heavy (non-hydrogen) atoms. The summed E-state index contributed by atoms with van der Waals surface area (Å²) in [6.45, 7) is 0.160. The molecule has 1 amide bonds. The fraction of sp³-hybridized carbons (Fsp3) is 0.222. The molecule has 1 aromatic heterocycles. The van der Waals surface area contributed by atoms with Crippen molar-refractivity contribution in [2.75, 3.05) is 7.11 Å². The second kappa shape index (κ2) is 8.07. The van der Waals surface area contributed by atoms with Gasteiger partial charge < -0.3 is 10.1 Å². The number of tetrazole rings is 1. The Morgan fingerprint density at radius 1 is 1.11 bits per heavy atom. The minimum atomic E-state index is -4.41. The predicted molar refractivity (Wildman–Crippen MR) is 93.1 cm³/mol. The Morgan fingerprint density at radius 3 is 2.39 bits per heavy atom. The third-order valence-electron chi connectivity index (χ3n) is 3.86. The number of carbonyl (C=O) groups is 1. The van der Waals surface area contributed by atoms with Crippen molar-refractivity contribution in [2.24, 2.45) is 0 Å². The van der Waals surface area contributed by atoms with Crippen LogP contribution in [0.4, 0.5) is 13.2 Å². The number of amides is 1. The molecule has 0 bridgehead atoms.